The van der Waals surface area contributed by atoms with E-state index in [1.165, 1.54) is 14.6 Å². The number of likely N-dealkylation sites (tertiary alicyclic amines) is 1. The number of carbonyl (C=O) groups excluding carboxylic acids is 1. The molecule has 3 aromatic rings. The first-order chi connectivity index (χ1) is 13.7. The van der Waals surface area contributed by atoms with Crippen LogP contribution in [0.3, 0.4) is 0 Å². The standard InChI is InChI=1S/C22H25N3O2S/c1-27-19-8-4-2-6-17(19)14-23-21(26)15-25-12-10-16(11-13-25)22-24-18-7-3-5-9-20(18)28-22/h2-9,16H,10-15H2,1H3,(H,23,26)/p+1. The third-order valence-corrected chi connectivity index (χ3v) is 6.63. The van der Waals surface area contributed by atoms with E-state index >= 15 is 0 Å². The number of aromatic nitrogens is 1. The predicted molar refractivity (Wildman–Crippen MR) is 112 cm³/mol. The number of benzene rings is 2. The average molecular weight is 397 g/mol. The summed E-state index contributed by atoms with van der Waals surface area (Å²) in [5.74, 6) is 1.43. The zero-order valence-corrected chi connectivity index (χ0v) is 16.9. The number of ether oxygens (including phenoxy) is 1. The molecule has 1 amide bonds. The minimum Gasteiger partial charge on any atom is -0.496 e. The molecule has 0 aliphatic carbocycles. The lowest BCUT2D eigenvalue weighted by Gasteiger charge is -2.27. The second-order valence-electron chi connectivity index (χ2n) is 7.31. The van der Waals surface area contributed by atoms with Crippen LogP contribution in [0, 0.1) is 0 Å². The Morgan fingerprint density at radius 3 is 2.71 bits per heavy atom. The molecule has 1 saturated heterocycles. The Kier molecular flexibility index (Phi) is 5.88. The number of nitrogens with one attached hydrogen (secondary N) is 2. The molecule has 0 atom stereocenters. The molecule has 0 saturated carbocycles. The van der Waals surface area contributed by atoms with Gasteiger partial charge in [-0.3, -0.25) is 4.79 Å². The van der Waals surface area contributed by atoms with E-state index in [9.17, 15) is 4.79 Å². The summed E-state index contributed by atoms with van der Waals surface area (Å²) in [4.78, 5) is 18.5. The van der Waals surface area contributed by atoms with E-state index < -0.39 is 0 Å². The summed E-state index contributed by atoms with van der Waals surface area (Å²) in [7, 11) is 1.65. The van der Waals surface area contributed by atoms with Gasteiger partial charge in [0.15, 0.2) is 6.54 Å². The second-order valence-corrected chi connectivity index (χ2v) is 8.37. The first-order valence-electron chi connectivity index (χ1n) is 9.80. The summed E-state index contributed by atoms with van der Waals surface area (Å²) in [5, 5.41) is 4.28. The molecule has 6 heteroatoms. The van der Waals surface area contributed by atoms with Gasteiger partial charge >= 0.3 is 0 Å². The Balaban J connectivity index is 1.26. The SMILES string of the molecule is COc1ccccc1CNC(=O)C[NH+]1CCC(c2nc3ccccc3s2)CC1. The number of nitrogens with zero attached hydrogens (tertiary/aromatic N) is 1. The molecule has 0 spiro atoms. The van der Waals surface area contributed by atoms with Gasteiger partial charge in [-0.15, -0.1) is 11.3 Å². The number of thiazole rings is 1. The first-order valence-corrected chi connectivity index (χ1v) is 10.6. The summed E-state index contributed by atoms with van der Waals surface area (Å²) in [5.41, 5.74) is 2.11. The third-order valence-electron chi connectivity index (χ3n) is 5.43. The molecule has 4 rings (SSSR count). The van der Waals surface area contributed by atoms with Gasteiger partial charge in [0.05, 0.1) is 35.4 Å². The molecule has 28 heavy (non-hydrogen) atoms. The highest BCUT2D eigenvalue weighted by atomic mass is 32.1. The average Bonchev–Trinajstić information content (AvgIpc) is 3.17. The summed E-state index contributed by atoms with van der Waals surface area (Å²) < 4.78 is 6.61. The third kappa shape index (κ3) is 4.34. The Hall–Kier alpha value is -2.44. The van der Waals surface area contributed by atoms with Crippen molar-refractivity contribution >= 4 is 27.5 Å². The van der Waals surface area contributed by atoms with E-state index in [-0.39, 0.29) is 5.91 Å². The van der Waals surface area contributed by atoms with Crippen LogP contribution in [0.25, 0.3) is 10.2 Å². The maximum Gasteiger partial charge on any atom is 0.275 e. The predicted octanol–water partition coefficient (Wildman–Crippen LogP) is 2.38. The molecule has 2 N–H and O–H groups in total. The second kappa shape index (κ2) is 8.71. The van der Waals surface area contributed by atoms with Gasteiger partial charge in [0.2, 0.25) is 0 Å². The van der Waals surface area contributed by atoms with Crippen LogP contribution in [0.15, 0.2) is 48.5 Å². The maximum absolute atomic E-state index is 12.4. The van der Waals surface area contributed by atoms with Gasteiger partial charge < -0.3 is 15.0 Å². The number of quaternary nitrogens is 1. The van der Waals surface area contributed by atoms with E-state index in [2.05, 4.69) is 23.5 Å². The molecule has 0 radical (unpaired) electrons. The fourth-order valence-corrected chi connectivity index (χ4v) is 4.98. The Labute approximate surface area is 169 Å². The van der Waals surface area contributed by atoms with Crippen LogP contribution in [0.1, 0.15) is 29.3 Å². The van der Waals surface area contributed by atoms with Crippen LogP contribution in [-0.2, 0) is 11.3 Å². The normalized spacial score (nSPS) is 19.5. The summed E-state index contributed by atoms with van der Waals surface area (Å²) in [6.45, 7) is 3.07. The molecule has 2 heterocycles. The van der Waals surface area contributed by atoms with Crippen LogP contribution < -0.4 is 15.0 Å². The molecule has 1 fully saturated rings. The molecular weight excluding hydrogens is 370 g/mol. The Morgan fingerprint density at radius 1 is 1.18 bits per heavy atom. The molecule has 1 aliphatic rings. The largest absolute Gasteiger partial charge is 0.496 e. The summed E-state index contributed by atoms with van der Waals surface area (Å²) in [6, 6.07) is 16.1. The number of carbonyl (C=O) groups is 1. The zero-order valence-electron chi connectivity index (χ0n) is 16.1. The van der Waals surface area contributed by atoms with Crippen LogP contribution in [0.4, 0.5) is 0 Å². The highest BCUT2D eigenvalue weighted by Crippen LogP contribution is 2.31. The molecule has 0 bridgehead atoms. The van der Waals surface area contributed by atoms with Crippen LogP contribution in [-0.4, -0.2) is 37.6 Å². The summed E-state index contributed by atoms with van der Waals surface area (Å²) >= 11 is 1.82. The van der Waals surface area contributed by atoms with Gasteiger partial charge in [-0.05, 0) is 18.2 Å². The van der Waals surface area contributed by atoms with Gasteiger partial charge in [-0.1, -0.05) is 30.3 Å². The van der Waals surface area contributed by atoms with Crippen LogP contribution in [0.5, 0.6) is 5.75 Å². The van der Waals surface area contributed by atoms with Crippen molar-refractivity contribution in [2.45, 2.75) is 25.3 Å². The number of fused-ring (bicyclic) bond motifs is 1. The maximum atomic E-state index is 12.4. The van der Waals surface area contributed by atoms with Gasteiger partial charge in [0, 0.05) is 30.9 Å². The van der Waals surface area contributed by atoms with E-state index in [0.717, 1.165) is 42.8 Å². The number of amides is 1. The van der Waals surface area contributed by atoms with Crippen molar-refractivity contribution in [3.63, 3.8) is 0 Å². The van der Waals surface area contributed by atoms with E-state index in [1.807, 2.05) is 41.7 Å². The van der Waals surface area contributed by atoms with Crippen molar-refractivity contribution < 1.29 is 14.4 Å². The summed E-state index contributed by atoms with van der Waals surface area (Å²) in [6.07, 6.45) is 2.18. The molecule has 5 nitrogen and oxygen atoms in total. The quantitative estimate of drug-likeness (QED) is 0.673. The molecular formula is C22H26N3O2S+. The zero-order chi connectivity index (χ0) is 19.3. The lowest BCUT2D eigenvalue weighted by Crippen LogP contribution is -3.14. The van der Waals surface area contributed by atoms with Gasteiger partial charge in [0.25, 0.3) is 5.91 Å². The fraction of sp³-hybridized carbons (Fsp3) is 0.364. The van der Waals surface area contributed by atoms with Gasteiger partial charge in [0.1, 0.15) is 5.75 Å². The number of hydrogen-bond acceptors (Lipinski definition) is 4. The number of para-hydroxylation sites is 2. The minimum atomic E-state index is 0.0966. The Morgan fingerprint density at radius 2 is 1.93 bits per heavy atom. The fourth-order valence-electron chi connectivity index (χ4n) is 3.85. The monoisotopic (exact) mass is 396 g/mol. The van der Waals surface area contributed by atoms with E-state index in [0.29, 0.717) is 19.0 Å². The number of rotatable bonds is 6. The minimum absolute atomic E-state index is 0.0966. The van der Waals surface area contributed by atoms with Crippen molar-refractivity contribution in [1.29, 1.82) is 0 Å². The van der Waals surface area contributed by atoms with Gasteiger partial charge in [-0.2, -0.15) is 0 Å². The smallest absolute Gasteiger partial charge is 0.275 e. The van der Waals surface area contributed by atoms with E-state index in [4.69, 9.17) is 9.72 Å². The first kappa shape index (κ1) is 18.9. The number of methoxy groups -OCH3 is 1. The molecule has 1 aromatic heterocycles. The lowest BCUT2D eigenvalue weighted by molar-refractivity contribution is -0.897. The number of hydrogen-bond donors (Lipinski definition) is 2. The van der Waals surface area contributed by atoms with Crippen molar-refractivity contribution in [1.82, 2.24) is 10.3 Å². The van der Waals surface area contributed by atoms with Crippen molar-refractivity contribution in [2.24, 2.45) is 0 Å². The van der Waals surface area contributed by atoms with Gasteiger partial charge in [-0.25, -0.2) is 4.98 Å². The lowest BCUT2D eigenvalue weighted by atomic mass is 9.97. The number of piperidine rings is 1. The van der Waals surface area contributed by atoms with Crippen molar-refractivity contribution in [3.05, 3.63) is 59.1 Å². The molecule has 1 aliphatic heterocycles. The molecule has 2 aromatic carbocycles. The van der Waals surface area contributed by atoms with E-state index in [1.54, 1.807) is 7.11 Å². The highest BCUT2D eigenvalue weighted by molar-refractivity contribution is 7.18. The highest BCUT2D eigenvalue weighted by Gasteiger charge is 2.27. The molecule has 146 valence electrons. The van der Waals surface area contributed by atoms with Crippen LogP contribution in [0.2, 0.25) is 0 Å². The molecule has 0 unspecified atom stereocenters. The van der Waals surface area contributed by atoms with Crippen LogP contribution >= 0.6 is 11.3 Å². The van der Waals surface area contributed by atoms with Crippen molar-refractivity contribution in [2.75, 3.05) is 26.7 Å². The topological polar surface area (TPSA) is 55.7 Å². The Bertz CT molecular complexity index is 915. The van der Waals surface area contributed by atoms with Crippen molar-refractivity contribution in [3.8, 4) is 5.75 Å².